The highest BCUT2D eigenvalue weighted by Crippen LogP contribution is 2.23. The van der Waals surface area contributed by atoms with E-state index in [4.69, 9.17) is 0 Å². The number of aryl methyl sites for hydroxylation is 4. The Bertz CT molecular complexity index is 698. The molecule has 4 nitrogen and oxygen atoms in total. The van der Waals surface area contributed by atoms with E-state index in [0.29, 0.717) is 11.5 Å². The second kappa shape index (κ2) is 9.69. The lowest BCUT2D eigenvalue weighted by atomic mass is 10.1. The molecule has 0 spiro atoms. The molecule has 2 N–H and O–H groups in total. The van der Waals surface area contributed by atoms with Gasteiger partial charge in [0, 0.05) is 22.9 Å². The Morgan fingerprint density at radius 2 is 1.00 bits per heavy atom. The van der Waals surface area contributed by atoms with Crippen LogP contribution in [0.15, 0.2) is 36.4 Å². The molecule has 26 heavy (non-hydrogen) atoms. The summed E-state index contributed by atoms with van der Waals surface area (Å²) < 4.78 is 0. The van der Waals surface area contributed by atoms with Crippen molar-refractivity contribution in [1.82, 2.24) is 0 Å². The van der Waals surface area contributed by atoms with Crippen LogP contribution in [0.5, 0.6) is 0 Å². The fourth-order valence-corrected chi connectivity index (χ4v) is 3.95. The molecule has 0 saturated carbocycles. The molecule has 0 unspecified atom stereocenters. The van der Waals surface area contributed by atoms with E-state index in [9.17, 15) is 9.59 Å². The first-order valence-electron chi connectivity index (χ1n) is 8.38. The number of nitrogens with one attached hydrogen (secondary N) is 2. The molecule has 0 aliphatic heterocycles. The second-order valence-electron chi connectivity index (χ2n) is 6.06. The molecule has 0 fully saturated rings. The summed E-state index contributed by atoms with van der Waals surface area (Å²) in [6.07, 6.45) is 0. The van der Waals surface area contributed by atoms with E-state index in [1.807, 2.05) is 64.1 Å². The summed E-state index contributed by atoms with van der Waals surface area (Å²) in [5, 5.41) is 5.67. The molecule has 0 aliphatic carbocycles. The smallest absolute Gasteiger partial charge is 0.283 e. The van der Waals surface area contributed by atoms with Gasteiger partial charge in [0.15, 0.2) is 0 Å². The highest BCUT2D eigenvalue weighted by atomic mass is 32.2. The summed E-state index contributed by atoms with van der Waals surface area (Å²) in [7, 11) is 0. The average molecular weight is 389 g/mol. The molecule has 0 radical (unpaired) electrons. The Morgan fingerprint density at radius 1 is 0.692 bits per heavy atom. The zero-order chi connectivity index (χ0) is 19.1. The van der Waals surface area contributed by atoms with E-state index in [1.165, 1.54) is 23.5 Å². The monoisotopic (exact) mass is 388 g/mol. The van der Waals surface area contributed by atoms with Crippen LogP contribution in [0.25, 0.3) is 0 Å². The fourth-order valence-electron chi connectivity index (χ4n) is 2.57. The van der Waals surface area contributed by atoms with Crippen LogP contribution in [0.2, 0.25) is 0 Å². The van der Waals surface area contributed by atoms with Gasteiger partial charge in [0.25, 0.3) is 10.5 Å². The molecule has 2 aromatic rings. The van der Waals surface area contributed by atoms with Crippen molar-refractivity contribution >= 4 is 45.4 Å². The van der Waals surface area contributed by atoms with E-state index >= 15 is 0 Å². The predicted octanol–water partition coefficient (Wildman–Crippen LogP) is 6.15. The average Bonchev–Trinajstić information content (AvgIpc) is 2.58. The highest BCUT2D eigenvalue weighted by molar-refractivity contribution is 8.17. The standard InChI is InChI=1S/C20H24N2O2S2/c1-13-7-5-8-14(2)17(13)21-19(23)25-11-12-26-20(24)22-18-15(3)9-6-10-16(18)4/h5-10H,11-12H2,1-4H3,(H,21,23)(H,22,24). The Kier molecular flexibility index (Phi) is 7.60. The molecular formula is C20H24N2O2S2. The third-order valence-corrected chi connectivity index (χ3v) is 5.77. The summed E-state index contributed by atoms with van der Waals surface area (Å²) >= 11 is 2.38. The van der Waals surface area contributed by atoms with Crippen LogP contribution in [-0.2, 0) is 0 Å². The lowest BCUT2D eigenvalue weighted by molar-refractivity contribution is 0.269. The SMILES string of the molecule is Cc1cccc(C)c1NC(=O)SCCSC(=O)Nc1c(C)cccc1C. The number of thioether (sulfide) groups is 2. The third kappa shape index (κ3) is 5.81. The summed E-state index contributed by atoms with van der Waals surface area (Å²) in [4.78, 5) is 24.2. The second-order valence-corrected chi connectivity index (χ2v) is 8.19. The van der Waals surface area contributed by atoms with Gasteiger partial charge in [-0.05, 0) is 49.9 Å². The Balaban J connectivity index is 1.74. The first-order chi connectivity index (χ1) is 12.4. The number of carbonyl (C=O) groups excluding carboxylic acids is 2. The van der Waals surface area contributed by atoms with Gasteiger partial charge in [0.05, 0.1) is 0 Å². The number of anilines is 2. The normalized spacial score (nSPS) is 10.5. The van der Waals surface area contributed by atoms with Gasteiger partial charge in [-0.2, -0.15) is 0 Å². The molecular weight excluding hydrogens is 364 g/mol. The van der Waals surface area contributed by atoms with Crippen LogP contribution >= 0.6 is 23.5 Å². The van der Waals surface area contributed by atoms with Gasteiger partial charge in [-0.25, -0.2) is 0 Å². The van der Waals surface area contributed by atoms with Gasteiger partial charge in [-0.1, -0.05) is 59.9 Å². The number of carbonyl (C=O) groups is 2. The number of amides is 2. The van der Waals surface area contributed by atoms with E-state index in [0.717, 1.165) is 33.6 Å². The Morgan fingerprint density at radius 3 is 1.31 bits per heavy atom. The first kappa shape index (κ1) is 20.4. The predicted molar refractivity (Wildman–Crippen MR) is 115 cm³/mol. The van der Waals surface area contributed by atoms with Crippen molar-refractivity contribution in [3.8, 4) is 0 Å². The molecule has 0 saturated heterocycles. The van der Waals surface area contributed by atoms with E-state index in [1.54, 1.807) is 0 Å². The van der Waals surface area contributed by atoms with Crippen LogP contribution < -0.4 is 10.6 Å². The van der Waals surface area contributed by atoms with E-state index < -0.39 is 0 Å². The molecule has 0 bridgehead atoms. The van der Waals surface area contributed by atoms with Gasteiger partial charge in [0.1, 0.15) is 0 Å². The van der Waals surface area contributed by atoms with Gasteiger partial charge in [-0.15, -0.1) is 0 Å². The van der Waals surface area contributed by atoms with Crippen LogP contribution in [0, 0.1) is 27.7 Å². The van der Waals surface area contributed by atoms with Crippen molar-refractivity contribution in [2.24, 2.45) is 0 Å². The number of benzene rings is 2. The summed E-state index contributed by atoms with van der Waals surface area (Å²) in [6.45, 7) is 7.89. The minimum Gasteiger partial charge on any atom is -0.316 e. The van der Waals surface area contributed by atoms with Crippen molar-refractivity contribution in [3.05, 3.63) is 58.7 Å². The summed E-state index contributed by atoms with van der Waals surface area (Å²) in [6, 6.07) is 11.8. The van der Waals surface area contributed by atoms with Crippen LogP contribution in [0.4, 0.5) is 21.0 Å². The van der Waals surface area contributed by atoms with E-state index in [-0.39, 0.29) is 10.5 Å². The van der Waals surface area contributed by atoms with Crippen molar-refractivity contribution in [1.29, 1.82) is 0 Å². The Labute approximate surface area is 163 Å². The molecule has 6 heteroatoms. The minimum atomic E-state index is -0.0989. The van der Waals surface area contributed by atoms with Crippen molar-refractivity contribution in [3.63, 3.8) is 0 Å². The number of hydrogen-bond acceptors (Lipinski definition) is 4. The maximum atomic E-state index is 12.1. The largest absolute Gasteiger partial charge is 0.316 e. The number of hydrogen-bond donors (Lipinski definition) is 2. The molecule has 0 atom stereocenters. The van der Waals surface area contributed by atoms with Gasteiger partial charge in [-0.3, -0.25) is 9.59 Å². The Hall–Kier alpha value is -1.92. The molecule has 2 rings (SSSR count). The summed E-state index contributed by atoms with van der Waals surface area (Å²) in [5.74, 6) is 1.14. The third-order valence-electron chi connectivity index (χ3n) is 3.97. The molecule has 0 aliphatic rings. The first-order valence-corrected chi connectivity index (χ1v) is 10.4. The van der Waals surface area contributed by atoms with Gasteiger partial charge in [0.2, 0.25) is 0 Å². The number of para-hydroxylation sites is 2. The van der Waals surface area contributed by atoms with Crippen molar-refractivity contribution in [2.75, 3.05) is 22.1 Å². The van der Waals surface area contributed by atoms with E-state index in [2.05, 4.69) is 10.6 Å². The molecule has 0 heterocycles. The van der Waals surface area contributed by atoms with Gasteiger partial charge < -0.3 is 10.6 Å². The summed E-state index contributed by atoms with van der Waals surface area (Å²) in [5.41, 5.74) is 5.90. The van der Waals surface area contributed by atoms with Crippen LogP contribution in [0.1, 0.15) is 22.3 Å². The maximum Gasteiger partial charge on any atom is 0.283 e. The molecule has 138 valence electrons. The highest BCUT2D eigenvalue weighted by Gasteiger charge is 2.10. The van der Waals surface area contributed by atoms with Crippen molar-refractivity contribution in [2.45, 2.75) is 27.7 Å². The van der Waals surface area contributed by atoms with Crippen LogP contribution in [-0.4, -0.2) is 22.0 Å². The van der Waals surface area contributed by atoms with Crippen LogP contribution in [0.3, 0.4) is 0 Å². The zero-order valence-corrected chi connectivity index (χ0v) is 17.1. The molecule has 0 aromatic heterocycles. The fraction of sp³-hybridized carbons (Fsp3) is 0.300. The maximum absolute atomic E-state index is 12.1. The lowest BCUT2D eigenvalue weighted by Gasteiger charge is -2.11. The molecule has 2 amide bonds. The zero-order valence-electron chi connectivity index (χ0n) is 15.5. The lowest BCUT2D eigenvalue weighted by Crippen LogP contribution is -2.11. The quantitative estimate of drug-likeness (QED) is 0.603. The number of rotatable bonds is 5. The van der Waals surface area contributed by atoms with Crippen molar-refractivity contribution < 1.29 is 9.59 Å². The minimum absolute atomic E-state index is 0.0989. The topological polar surface area (TPSA) is 58.2 Å². The molecule has 2 aromatic carbocycles. The van der Waals surface area contributed by atoms with Gasteiger partial charge >= 0.3 is 0 Å².